The van der Waals surface area contributed by atoms with Gasteiger partial charge in [0, 0.05) is 12.8 Å². The van der Waals surface area contributed by atoms with E-state index in [4.69, 9.17) is 9.47 Å². The topological polar surface area (TPSA) is 52.6 Å². The van der Waals surface area contributed by atoms with Crippen LogP contribution in [0.25, 0.3) is 0 Å². The molecule has 4 nitrogen and oxygen atoms in total. The van der Waals surface area contributed by atoms with Crippen molar-refractivity contribution in [3.63, 3.8) is 0 Å². The van der Waals surface area contributed by atoms with Crippen molar-refractivity contribution in [1.29, 1.82) is 0 Å². The van der Waals surface area contributed by atoms with Crippen LogP contribution in [0.5, 0.6) is 0 Å². The van der Waals surface area contributed by atoms with Gasteiger partial charge < -0.3 is 9.47 Å². The van der Waals surface area contributed by atoms with E-state index in [2.05, 4.69) is 6.58 Å². The van der Waals surface area contributed by atoms with Crippen molar-refractivity contribution in [3.8, 4) is 0 Å². The van der Waals surface area contributed by atoms with Crippen LogP contribution in [0.4, 0.5) is 0 Å². The molecule has 0 radical (unpaired) electrons. The SMILES string of the molecule is C=C1C(=O)OC2(CCCCC2)OC1=O. The molecule has 0 atom stereocenters. The Labute approximate surface area is 81.9 Å². The van der Waals surface area contributed by atoms with Crippen LogP contribution in [0.1, 0.15) is 32.1 Å². The Hall–Kier alpha value is -1.32. The molecule has 0 bridgehead atoms. The molecule has 1 saturated carbocycles. The third-order valence-electron chi connectivity index (χ3n) is 2.67. The maximum absolute atomic E-state index is 11.3. The first-order valence-corrected chi connectivity index (χ1v) is 4.79. The lowest BCUT2D eigenvalue weighted by atomic mass is 9.93. The van der Waals surface area contributed by atoms with E-state index in [0.29, 0.717) is 12.8 Å². The highest BCUT2D eigenvalue weighted by atomic mass is 16.7. The summed E-state index contributed by atoms with van der Waals surface area (Å²) in [6.45, 7) is 3.31. The van der Waals surface area contributed by atoms with Gasteiger partial charge in [0.1, 0.15) is 5.57 Å². The number of carbonyl (C=O) groups excluding carboxylic acids is 2. The molecular weight excluding hydrogens is 184 g/mol. The van der Waals surface area contributed by atoms with Gasteiger partial charge in [-0.25, -0.2) is 9.59 Å². The monoisotopic (exact) mass is 196 g/mol. The largest absolute Gasteiger partial charge is 0.419 e. The van der Waals surface area contributed by atoms with Gasteiger partial charge in [0.05, 0.1) is 0 Å². The molecular formula is C10H12O4. The van der Waals surface area contributed by atoms with Crippen LogP contribution in [-0.2, 0) is 19.1 Å². The number of esters is 2. The second kappa shape index (κ2) is 3.12. The zero-order valence-corrected chi connectivity index (χ0v) is 7.88. The summed E-state index contributed by atoms with van der Waals surface area (Å²) in [7, 11) is 0. The van der Waals surface area contributed by atoms with Crippen LogP contribution in [0.3, 0.4) is 0 Å². The molecule has 76 valence electrons. The van der Waals surface area contributed by atoms with Crippen molar-refractivity contribution in [2.24, 2.45) is 0 Å². The summed E-state index contributed by atoms with van der Waals surface area (Å²) in [6.07, 6.45) is 4.16. The number of hydrogen-bond donors (Lipinski definition) is 0. The van der Waals surface area contributed by atoms with Gasteiger partial charge in [-0.1, -0.05) is 13.0 Å². The van der Waals surface area contributed by atoms with E-state index in [-0.39, 0.29) is 5.57 Å². The standard InChI is InChI=1S/C10H12O4/c1-7-8(11)13-10(14-9(7)12)5-3-2-4-6-10/h1-6H2. The summed E-state index contributed by atoms with van der Waals surface area (Å²) in [4.78, 5) is 22.5. The van der Waals surface area contributed by atoms with E-state index in [1.54, 1.807) is 0 Å². The minimum Gasteiger partial charge on any atom is -0.419 e. The molecule has 0 unspecified atom stereocenters. The quantitative estimate of drug-likeness (QED) is 0.333. The van der Waals surface area contributed by atoms with E-state index in [9.17, 15) is 9.59 Å². The van der Waals surface area contributed by atoms with Crippen LogP contribution in [0.15, 0.2) is 12.2 Å². The molecule has 1 spiro atoms. The summed E-state index contributed by atoms with van der Waals surface area (Å²) in [6, 6.07) is 0. The summed E-state index contributed by atoms with van der Waals surface area (Å²) in [5.41, 5.74) is -0.207. The fourth-order valence-corrected chi connectivity index (χ4v) is 1.86. The van der Waals surface area contributed by atoms with Gasteiger partial charge in [-0.05, 0) is 12.8 Å². The Balaban J connectivity index is 2.18. The zero-order chi connectivity index (χ0) is 10.2. The first kappa shape index (κ1) is 9.24. The van der Waals surface area contributed by atoms with Crippen LogP contribution < -0.4 is 0 Å². The molecule has 4 heteroatoms. The lowest BCUT2D eigenvalue weighted by molar-refractivity contribution is -0.244. The van der Waals surface area contributed by atoms with E-state index < -0.39 is 17.7 Å². The van der Waals surface area contributed by atoms with E-state index in [1.165, 1.54) is 0 Å². The molecule has 0 amide bonds. The second-order valence-corrected chi connectivity index (χ2v) is 3.73. The van der Waals surface area contributed by atoms with Crippen LogP contribution in [-0.4, -0.2) is 17.7 Å². The fourth-order valence-electron chi connectivity index (χ4n) is 1.86. The Kier molecular flexibility index (Phi) is 2.06. The Bertz CT molecular complexity index is 277. The zero-order valence-electron chi connectivity index (χ0n) is 7.88. The van der Waals surface area contributed by atoms with E-state index in [1.807, 2.05) is 0 Å². The minimum atomic E-state index is -0.979. The van der Waals surface area contributed by atoms with E-state index in [0.717, 1.165) is 19.3 Å². The third kappa shape index (κ3) is 1.41. The number of rotatable bonds is 0. The van der Waals surface area contributed by atoms with Crippen molar-refractivity contribution in [2.75, 3.05) is 0 Å². The van der Waals surface area contributed by atoms with Crippen LogP contribution in [0, 0.1) is 0 Å². The average molecular weight is 196 g/mol. The molecule has 0 N–H and O–H groups in total. The third-order valence-corrected chi connectivity index (χ3v) is 2.67. The summed E-state index contributed by atoms with van der Waals surface area (Å²) >= 11 is 0. The highest BCUT2D eigenvalue weighted by molar-refractivity contribution is 6.14. The average Bonchev–Trinajstić information content (AvgIpc) is 2.15. The highest BCUT2D eigenvalue weighted by Crippen LogP contribution is 2.36. The maximum atomic E-state index is 11.3. The molecule has 2 rings (SSSR count). The predicted molar refractivity (Wildman–Crippen MR) is 47.1 cm³/mol. The molecule has 2 fully saturated rings. The Morgan fingerprint density at radius 1 is 1.00 bits per heavy atom. The fraction of sp³-hybridized carbons (Fsp3) is 0.600. The van der Waals surface area contributed by atoms with Crippen molar-refractivity contribution >= 4 is 11.9 Å². The first-order valence-electron chi connectivity index (χ1n) is 4.79. The van der Waals surface area contributed by atoms with Crippen LogP contribution in [0.2, 0.25) is 0 Å². The van der Waals surface area contributed by atoms with Gasteiger partial charge in [-0.2, -0.15) is 0 Å². The smallest absolute Gasteiger partial charge is 0.348 e. The molecule has 0 aromatic heterocycles. The minimum absolute atomic E-state index is 0.207. The molecule has 0 aromatic carbocycles. The lowest BCUT2D eigenvalue weighted by Crippen LogP contribution is -2.47. The second-order valence-electron chi connectivity index (χ2n) is 3.73. The van der Waals surface area contributed by atoms with Crippen molar-refractivity contribution in [3.05, 3.63) is 12.2 Å². The molecule has 1 heterocycles. The molecule has 1 aliphatic heterocycles. The van der Waals surface area contributed by atoms with Gasteiger partial charge in [0.2, 0.25) is 0 Å². The Morgan fingerprint density at radius 2 is 1.50 bits per heavy atom. The molecule has 2 aliphatic rings. The van der Waals surface area contributed by atoms with Crippen LogP contribution >= 0.6 is 0 Å². The van der Waals surface area contributed by atoms with Gasteiger partial charge in [-0.15, -0.1) is 0 Å². The summed E-state index contributed by atoms with van der Waals surface area (Å²) < 4.78 is 10.2. The first-order chi connectivity index (χ1) is 6.63. The van der Waals surface area contributed by atoms with Gasteiger partial charge >= 0.3 is 11.9 Å². The molecule has 1 aliphatic carbocycles. The van der Waals surface area contributed by atoms with Gasteiger partial charge in [0.25, 0.3) is 5.79 Å². The number of hydrogen-bond acceptors (Lipinski definition) is 4. The normalized spacial score (nSPS) is 25.9. The van der Waals surface area contributed by atoms with Crippen molar-refractivity contribution in [1.82, 2.24) is 0 Å². The predicted octanol–water partition coefficient (Wildman–Crippen LogP) is 1.30. The number of carbonyl (C=O) groups is 2. The lowest BCUT2D eigenvalue weighted by Gasteiger charge is -2.38. The Morgan fingerprint density at radius 3 is 2.00 bits per heavy atom. The number of ether oxygens (including phenoxy) is 2. The van der Waals surface area contributed by atoms with Crippen molar-refractivity contribution < 1.29 is 19.1 Å². The summed E-state index contributed by atoms with van der Waals surface area (Å²) in [5, 5.41) is 0. The van der Waals surface area contributed by atoms with Gasteiger partial charge in [0.15, 0.2) is 0 Å². The highest BCUT2D eigenvalue weighted by Gasteiger charge is 2.45. The van der Waals surface area contributed by atoms with Gasteiger partial charge in [-0.3, -0.25) is 0 Å². The molecule has 1 saturated heterocycles. The summed E-state index contributed by atoms with van der Waals surface area (Å²) in [5.74, 6) is -2.25. The molecule has 14 heavy (non-hydrogen) atoms. The molecule has 0 aromatic rings. The van der Waals surface area contributed by atoms with E-state index >= 15 is 0 Å². The maximum Gasteiger partial charge on any atom is 0.348 e. The van der Waals surface area contributed by atoms with Crippen molar-refractivity contribution in [2.45, 2.75) is 37.9 Å².